The molecule has 0 radical (unpaired) electrons. The number of ether oxygens (including phenoxy) is 1. The zero-order chi connectivity index (χ0) is 13.0. The molecule has 2 aromatic rings. The number of fused-ring (bicyclic) bond motifs is 1. The van der Waals surface area contributed by atoms with E-state index in [1.54, 1.807) is 6.07 Å². The zero-order valence-electron chi connectivity index (χ0n) is 10.8. The van der Waals surface area contributed by atoms with Crippen molar-refractivity contribution in [3.8, 4) is 6.07 Å². The van der Waals surface area contributed by atoms with Gasteiger partial charge in [-0.25, -0.2) is 4.98 Å². The number of hydrogen-bond acceptors (Lipinski definition) is 3. The van der Waals surface area contributed by atoms with Gasteiger partial charge in [-0.2, -0.15) is 5.26 Å². The number of imidazole rings is 1. The third kappa shape index (κ3) is 2.52. The lowest BCUT2D eigenvalue weighted by atomic mass is 10.2. The molecule has 4 heteroatoms. The van der Waals surface area contributed by atoms with Crippen molar-refractivity contribution in [1.82, 2.24) is 9.55 Å². The van der Waals surface area contributed by atoms with Crippen LogP contribution >= 0.6 is 0 Å². The van der Waals surface area contributed by atoms with Gasteiger partial charge in [0.1, 0.15) is 5.82 Å². The van der Waals surface area contributed by atoms with Gasteiger partial charge in [0.05, 0.1) is 22.7 Å². The van der Waals surface area contributed by atoms with Crippen LogP contribution in [0.5, 0.6) is 0 Å². The first kappa shape index (κ1) is 12.6. The van der Waals surface area contributed by atoms with Crippen LogP contribution in [0.3, 0.4) is 0 Å². The number of nitrogens with zero attached hydrogens (tertiary/aromatic N) is 3. The number of hydrogen-bond donors (Lipinski definition) is 0. The highest BCUT2D eigenvalue weighted by atomic mass is 16.5. The van der Waals surface area contributed by atoms with Crippen LogP contribution < -0.4 is 0 Å². The van der Waals surface area contributed by atoms with Crippen LogP contribution in [0.2, 0.25) is 0 Å². The summed E-state index contributed by atoms with van der Waals surface area (Å²) in [4.78, 5) is 4.58. The predicted molar refractivity (Wildman–Crippen MR) is 70.2 cm³/mol. The van der Waals surface area contributed by atoms with Gasteiger partial charge >= 0.3 is 0 Å². The predicted octanol–water partition coefficient (Wildman–Crippen LogP) is 2.41. The van der Waals surface area contributed by atoms with Gasteiger partial charge in [0.25, 0.3) is 0 Å². The smallest absolute Gasteiger partial charge is 0.109 e. The molecular weight excluding hydrogens is 226 g/mol. The van der Waals surface area contributed by atoms with Gasteiger partial charge in [-0.05, 0) is 31.5 Å². The van der Waals surface area contributed by atoms with E-state index in [0.717, 1.165) is 42.9 Å². The SMILES string of the molecule is CCOCCCc1nc2ccc(C#N)cc2n1C. The van der Waals surface area contributed by atoms with Gasteiger partial charge in [-0.15, -0.1) is 0 Å². The fourth-order valence-corrected chi connectivity index (χ4v) is 2.01. The van der Waals surface area contributed by atoms with Crippen LogP contribution in [0.4, 0.5) is 0 Å². The number of nitriles is 1. The molecule has 4 nitrogen and oxygen atoms in total. The first-order valence-electron chi connectivity index (χ1n) is 6.19. The Morgan fingerprint density at radius 2 is 2.28 bits per heavy atom. The number of benzene rings is 1. The normalized spacial score (nSPS) is 10.7. The summed E-state index contributed by atoms with van der Waals surface area (Å²) >= 11 is 0. The molecular formula is C14H17N3O. The fourth-order valence-electron chi connectivity index (χ4n) is 2.01. The van der Waals surface area contributed by atoms with E-state index in [1.165, 1.54) is 0 Å². The third-order valence-electron chi connectivity index (χ3n) is 3.00. The Hall–Kier alpha value is -1.86. The molecule has 0 saturated carbocycles. The van der Waals surface area contributed by atoms with Crippen molar-refractivity contribution in [2.75, 3.05) is 13.2 Å². The molecule has 1 aromatic carbocycles. The zero-order valence-corrected chi connectivity index (χ0v) is 10.8. The molecule has 1 aromatic heterocycles. The molecule has 94 valence electrons. The lowest BCUT2D eigenvalue weighted by Gasteiger charge is -2.02. The monoisotopic (exact) mass is 243 g/mol. The highest BCUT2D eigenvalue weighted by molar-refractivity contribution is 5.77. The van der Waals surface area contributed by atoms with Crippen LogP contribution in [-0.4, -0.2) is 22.8 Å². The minimum Gasteiger partial charge on any atom is -0.382 e. The van der Waals surface area contributed by atoms with E-state index < -0.39 is 0 Å². The second-order valence-electron chi connectivity index (χ2n) is 4.20. The van der Waals surface area contributed by atoms with Crippen LogP contribution in [0.15, 0.2) is 18.2 Å². The van der Waals surface area contributed by atoms with Crippen molar-refractivity contribution < 1.29 is 4.74 Å². The van der Waals surface area contributed by atoms with E-state index in [-0.39, 0.29) is 0 Å². The Morgan fingerprint density at radius 1 is 1.44 bits per heavy atom. The average molecular weight is 243 g/mol. The van der Waals surface area contributed by atoms with Crippen LogP contribution in [0.25, 0.3) is 11.0 Å². The average Bonchev–Trinajstić information content (AvgIpc) is 2.71. The van der Waals surface area contributed by atoms with Crippen molar-refractivity contribution in [2.45, 2.75) is 19.8 Å². The van der Waals surface area contributed by atoms with Gasteiger partial charge < -0.3 is 9.30 Å². The van der Waals surface area contributed by atoms with Gasteiger partial charge in [-0.3, -0.25) is 0 Å². The van der Waals surface area contributed by atoms with E-state index in [1.807, 2.05) is 26.1 Å². The number of aryl methyl sites for hydroxylation is 2. The van der Waals surface area contributed by atoms with Crippen molar-refractivity contribution in [2.24, 2.45) is 7.05 Å². The lowest BCUT2D eigenvalue weighted by Crippen LogP contribution is -2.01. The third-order valence-corrected chi connectivity index (χ3v) is 3.00. The van der Waals surface area contributed by atoms with Crippen LogP contribution in [0.1, 0.15) is 24.7 Å². The first-order valence-corrected chi connectivity index (χ1v) is 6.19. The van der Waals surface area contributed by atoms with E-state index >= 15 is 0 Å². The summed E-state index contributed by atoms with van der Waals surface area (Å²) < 4.78 is 7.38. The summed E-state index contributed by atoms with van der Waals surface area (Å²) in [5.41, 5.74) is 2.63. The molecule has 0 fully saturated rings. The molecule has 0 aliphatic rings. The fraction of sp³-hybridized carbons (Fsp3) is 0.429. The summed E-state index contributed by atoms with van der Waals surface area (Å²) in [5, 5.41) is 8.90. The molecule has 0 bridgehead atoms. The van der Waals surface area contributed by atoms with Gasteiger partial charge in [-0.1, -0.05) is 0 Å². The summed E-state index contributed by atoms with van der Waals surface area (Å²) in [6, 6.07) is 7.75. The van der Waals surface area contributed by atoms with Crippen molar-refractivity contribution >= 4 is 11.0 Å². The quantitative estimate of drug-likeness (QED) is 0.758. The van der Waals surface area contributed by atoms with Gasteiger partial charge in [0.2, 0.25) is 0 Å². The standard InChI is InChI=1S/C14H17N3O/c1-3-18-8-4-5-14-16-12-7-6-11(10-15)9-13(12)17(14)2/h6-7,9H,3-5,8H2,1-2H3. The van der Waals surface area contributed by atoms with Gasteiger partial charge in [0, 0.05) is 26.7 Å². The molecule has 1 heterocycles. The molecule has 0 amide bonds. The Kier molecular flexibility index (Phi) is 3.96. The van der Waals surface area contributed by atoms with Crippen molar-refractivity contribution in [3.63, 3.8) is 0 Å². The molecule has 18 heavy (non-hydrogen) atoms. The Morgan fingerprint density at radius 3 is 3.00 bits per heavy atom. The van der Waals surface area contributed by atoms with E-state index in [4.69, 9.17) is 10.00 Å². The summed E-state index contributed by atoms with van der Waals surface area (Å²) in [5.74, 6) is 1.04. The van der Waals surface area contributed by atoms with Gasteiger partial charge in [0.15, 0.2) is 0 Å². The molecule has 0 aliphatic heterocycles. The maximum absolute atomic E-state index is 8.90. The summed E-state index contributed by atoms with van der Waals surface area (Å²) in [6.45, 7) is 3.52. The maximum atomic E-state index is 8.90. The van der Waals surface area contributed by atoms with E-state index in [9.17, 15) is 0 Å². The number of aromatic nitrogens is 2. The number of rotatable bonds is 5. The van der Waals surface area contributed by atoms with Crippen molar-refractivity contribution in [1.29, 1.82) is 5.26 Å². The summed E-state index contributed by atoms with van der Waals surface area (Å²) in [7, 11) is 1.99. The Balaban J connectivity index is 2.20. The molecule has 0 unspecified atom stereocenters. The second kappa shape index (κ2) is 5.65. The summed E-state index contributed by atoms with van der Waals surface area (Å²) in [6.07, 6.45) is 1.86. The largest absolute Gasteiger partial charge is 0.382 e. The molecule has 0 atom stereocenters. The second-order valence-corrected chi connectivity index (χ2v) is 4.20. The molecule has 0 N–H and O–H groups in total. The van der Waals surface area contributed by atoms with Crippen molar-refractivity contribution in [3.05, 3.63) is 29.6 Å². The molecule has 0 spiro atoms. The van der Waals surface area contributed by atoms with E-state index in [0.29, 0.717) is 5.56 Å². The maximum Gasteiger partial charge on any atom is 0.109 e. The lowest BCUT2D eigenvalue weighted by molar-refractivity contribution is 0.144. The van der Waals surface area contributed by atoms with Crippen LogP contribution in [-0.2, 0) is 18.2 Å². The topological polar surface area (TPSA) is 50.8 Å². The minimum atomic E-state index is 0.673. The molecule has 2 rings (SSSR count). The van der Waals surface area contributed by atoms with Crippen LogP contribution in [0, 0.1) is 11.3 Å². The van der Waals surface area contributed by atoms with E-state index in [2.05, 4.69) is 15.6 Å². The molecule has 0 saturated heterocycles. The minimum absolute atomic E-state index is 0.673. The highest BCUT2D eigenvalue weighted by Gasteiger charge is 2.07. The Bertz CT molecular complexity index is 580. The first-order chi connectivity index (χ1) is 8.76. The Labute approximate surface area is 107 Å². The molecule has 0 aliphatic carbocycles. The highest BCUT2D eigenvalue weighted by Crippen LogP contribution is 2.17.